The number of hydrogen-bond acceptors (Lipinski definition) is 3. The smallest absolute Gasteiger partial charge is 0.124 e. The molecule has 0 saturated heterocycles. The van der Waals surface area contributed by atoms with Gasteiger partial charge in [0.05, 0.1) is 5.69 Å². The molecule has 0 fully saturated rings. The van der Waals surface area contributed by atoms with Gasteiger partial charge < -0.3 is 5.73 Å². The largest absolute Gasteiger partial charge is 0.388 e. The van der Waals surface area contributed by atoms with Gasteiger partial charge in [0.2, 0.25) is 0 Å². The van der Waals surface area contributed by atoms with Gasteiger partial charge in [-0.25, -0.2) is 0 Å². The van der Waals surface area contributed by atoms with E-state index in [4.69, 9.17) is 18.0 Å². The number of nitrogens with zero attached hydrogens (tertiary/aromatic N) is 2. The van der Waals surface area contributed by atoms with E-state index >= 15 is 0 Å². The fourth-order valence-electron chi connectivity index (χ4n) is 0.961. The Balaban J connectivity index is 3.17. The molecule has 4 heteroatoms. The van der Waals surface area contributed by atoms with Crippen LogP contribution in [0.2, 0.25) is 0 Å². The molecule has 1 rings (SSSR count). The lowest BCUT2D eigenvalue weighted by Gasteiger charge is -2.07. The van der Waals surface area contributed by atoms with Crippen LogP contribution in [0.15, 0.2) is 12.4 Å². The fraction of sp³-hybridized carbons (Fsp3) is 0.375. The third kappa shape index (κ3) is 1.76. The molecule has 1 heterocycles. The summed E-state index contributed by atoms with van der Waals surface area (Å²) in [6.45, 7) is 4.07. The van der Waals surface area contributed by atoms with Crippen LogP contribution in [0.4, 0.5) is 0 Å². The monoisotopic (exact) mass is 181 g/mol. The van der Waals surface area contributed by atoms with Gasteiger partial charge in [-0.1, -0.05) is 26.1 Å². The van der Waals surface area contributed by atoms with Gasteiger partial charge in [-0.3, -0.25) is 9.97 Å². The standard InChI is InChI=1S/C8H11N3S/c1-5(2)6-7(8(9)12)11-4-3-10-6/h3-5H,1-2H3,(H2,9,12). The third-order valence-corrected chi connectivity index (χ3v) is 1.70. The fourth-order valence-corrected chi connectivity index (χ4v) is 1.12. The molecule has 0 atom stereocenters. The highest BCUT2D eigenvalue weighted by molar-refractivity contribution is 7.80. The van der Waals surface area contributed by atoms with Crippen LogP contribution in [0.5, 0.6) is 0 Å². The van der Waals surface area contributed by atoms with Crippen LogP contribution >= 0.6 is 12.2 Å². The first kappa shape index (κ1) is 9.06. The van der Waals surface area contributed by atoms with E-state index in [1.54, 1.807) is 12.4 Å². The second kappa shape index (κ2) is 3.58. The van der Waals surface area contributed by atoms with E-state index < -0.39 is 0 Å². The summed E-state index contributed by atoms with van der Waals surface area (Å²) in [7, 11) is 0. The van der Waals surface area contributed by atoms with E-state index in [1.807, 2.05) is 13.8 Å². The Morgan fingerprint density at radius 3 is 2.42 bits per heavy atom. The zero-order valence-electron chi connectivity index (χ0n) is 7.11. The van der Waals surface area contributed by atoms with Gasteiger partial charge in [0.25, 0.3) is 0 Å². The Bertz CT molecular complexity index is 296. The zero-order chi connectivity index (χ0) is 9.14. The van der Waals surface area contributed by atoms with E-state index in [-0.39, 0.29) is 0 Å². The molecule has 0 radical (unpaired) electrons. The van der Waals surface area contributed by atoms with Gasteiger partial charge in [0, 0.05) is 12.4 Å². The van der Waals surface area contributed by atoms with Crippen LogP contribution in [0.3, 0.4) is 0 Å². The molecular weight excluding hydrogens is 170 g/mol. The first-order valence-electron chi connectivity index (χ1n) is 3.73. The van der Waals surface area contributed by atoms with Crippen molar-refractivity contribution in [2.75, 3.05) is 0 Å². The van der Waals surface area contributed by atoms with Crippen LogP contribution in [-0.4, -0.2) is 15.0 Å². The van der Waals surface area contributed by atoms with Crippen molar-refractivity contribution < 1.29 is 0 Å². The summed E-state index contributed by atoms with van der Waals surface area (Å²) in [5.41, 5.74) is 6.99. The second-order valence-corrected chi connectivity index (χ2v) is 3.25. The molecule has 0 aliphatic carbocycles. The summed E-state index contributed by atoms with van der Waals surface area (Å²) in [6, 6.07) is 0. The predicted molar refractivity (Wildman–Crippen MR) is 52.0 cm³/mol. The van der Waals surface area contributed by atoms with Crippen molar-refractivity contribution in [2.24, 2.45) is 5.73 Å². The highest BCUT2D eigenvalue weighted by Gasteiger charge is 2.10. The van der Waals surface area contributed by atoms with Crippen molar-refractivity contribution >= 4 is 17.2 Å². The maximum absolute atomic E-state index is 5.48. The molecule has 0 aliphatic heterocycles. The van der Waals surface area contributed by atoms with Gasteiger partial charge in [0.15, 0.2) is 0 Å². The van der Waals surface area contributed by atoms with E-state index in [1.165, 1.54) is 0 Å². The molecule has 0 unspecified atom stereocenters. The molecule has 0 aromatic carbocycles. The van der Waals surface area contributed by atoms with Crippen molar-refractivity contribution in [1.29, 1.82) is 0 Å². The molecule has 64 valence electrons. The topological polar surface area (TPSA) is 51.8 Å². The number of aromatic nitrogens is 2. The zero-order valence-corrected chi connectivity index (χ0v) is 7.93. The lowest BCUT2D eigenvalue weighted by molar-refractivity contribution is 0.807. The van der Waals surface area contributed by atoms with Gasteiger partial charge in [-0.15, -0.1) is 0 Å². The van der Waals surface area contributed by atoms with Crippen molar-refractivity contribution in [1.82, 2.24) is 9.97 Å². The molecule has 0 saturated carbocycles. The Labute approximate surface area is 77.0 Å². The summed E-state index contributed by atoms with van der Waals surface area (Å²) in [5, 5.41) is 0. The van der Waals surface area contributed by atoms with E-state index in [9.17, 15) is 0 Å². The number of nitrogens with two attached hydrogens (primary N) is 1. The van der Waals surface area contributed by atoms with Crippen molar-refractivity contribution in [3.05, 3.63) is 23.8 Å². The van der Waals surface area contributed by atoms with Crippen molar-refractivity contribution in [3.63, 3.8) is 0 Å². The molecule has 0 bridgehead atoms. The quantitative estimate of drug-likeness (QED) is 0.697. The molecular formula is C8H11N3S. The molecule has 2 N–H and O–H groups in total. The Morgan fingerprint density at radius 2 is 2.00 bits per heavy atom. The molecule has 0 spiro atoms. The minimum Gasteiger partial charge on any atom is -0.388 e. The van der Waals surface area contributed by atoms with Crippen LogP contribution in [0.25, 0.3) is 0 Å². The van der Waals surface area contributed by atoms with Crippen molar-refractivity contribution in [2.45, 2.75) is 19.8 Å². The summed E-state index contributed by atoms with van der Waals surface area (Å²) in [4.78, 5) is 8.55. The Hall–Kier alpha value is -1.03. The van der Waals surface area contributed by atoms with Crippen LogP contribution in [0, 0.1) is 0 Å². The summed E-state index contributed by atoms with van der Waals surface area (Å²) in [5.74, 6) is 0.301. The van der Waals surface area contributed by atoms with E-state index in [0.29, 0.717) is 16.6 Å². The SMILES string of the molecule is CC(C)c1nccnc1C(N)=S. The van der Waals surface area contributed by atoms with Gasteiger partial charge in [-0.05, 0) is 5.92 Å². The summed E-state index contributed by atoms with van der Waals surface area (Å²) in [6.07, 6.45) is 3.25. The summed E-state index contributed by atoms with van der Waals surface area (Å²) < 4.78 is 0. The molecule has 0 aliphatic rings. The minimum atomic E-state index is 0.301. The first-order valence-corrected chi connectivity index (χ1v) is 4.14. The maximum atomic E-state index is 5.48. The Kier molecular flexibility index (Phi) is 2.70. The minimum absolute atomic E-state index is 0.301. The molecule has 12 heavy (non-hydrogen) atoms. The van der Waals surface area contributed by atoms with Gasteiger partial charge in [0.1, 0.15) is 10.7 Å². The maximum Gasteiger partial charge on any atom is 0.124 e. The van der Waals surface area contributed by atoms with Crippen LogP contribution < -0.4 is 5.73 Å². The van der Waals surface area contributed by atoms with E-state index in [2.05, 4.69) is 9.97 Å². The second-order valence-electron chi connectivity index (χ2n) is 2.81. The number of hydrogen-bond donors (Lipinski definition) is 1. The average molecular weight is 181 g/mol. The number of thiocarbonyl (C=S) groups is 1. The Morgan fingerprint density at radius 1 is 1.42 bits per heavy atom. The van der Waals surface area contributed by atoms with Crippen molar-refractivity contribution in [3.8, 4) is 0 Å². The highest BCUT2D eigenvalue weighted by Crippen LogP contribution is 2.13. The van der Waals surface area contributed by atoms with E-state index in [0.717, 1.165) is 5.69 Å². The summed E-state index contributed by atoms with van der Waals surface area (Å²) >= 11 is 4.84. The molecule has 1 aromatic heterocycles. The molecule has 3 nitrogen and oxygen atoms in total. The average Bonchev–Trinajstić information content (AvgIpc) is 2.04. The predicted octanol–water partition coefficient (Wildman–Crippen LogP) is 1.23. The lowest BCUT2D eigenvalue weighted by atomic mass is 10.1. The molecule has 0 amide bonds. The highest BCUT2D eigenvalue weighted by atomic mass is 32.1. The first-order chi connectivity index (χ1) is 5.63. The third-order valence-electron chi connectivity index (χ3n) is 1.51. The van der Waals surface area contributed by atoms with Gasteiger partial charge in [-0.2, -0.15) is 0 Å². The molecule has 1 aromatic rings. The number of rotatable bonds is 2. The van der Waals surface area contributed by atoms with Crippen LogP contribution in [-0.2, 0) is 0 Å². The van der Waals surface area contributed by atoms with Gasteiger partial charge >= 0.3 is 0 Å². The normalized spacial score (nSPS) is 10.2. The lowest BCUT2D eigenvalue weighted by Crippen LogP contribution is -2.16. The van der Waals surface area contributed by atoms with Crippen LogP contribution in [0.1, 0.15) is 31.2 Å².